The summed E-state index contributed by atoms with van der Waals surface area (Å²) >= 11 is 1.70. The van der Waals surface area contributed by atoms with E-state index in [2.05, 4.69) is 34.3 Å². The molecule has 1 unspecified atom stereocenters. The standard InChI is InChI=1S/C20H17N3O2S/c1-13(24)17-11-21-19-18(12-22-23(19)20(17)25)14-7-9-16(10-8-14)26-15-5-3-2-4-6-15/h2-13,24-25H,1H3. The van der Waals surface area contributed by atoms with Crippen LogP contribution in [0.1, 0.15) is 18.6 Å². The van der Waals surface area contributed by atoms with Crippen molar-refractivity contribution in [3.05, 3.63) is 72.6 Å². The summed E-state index contributed by atoms with van der Waals surface area (Å²) < 4.78 is 1.35. The van der Waals surface area contributed by atoms with Gasteiger partial charge >= 0.3 is 0 Å². The molecule has 5 nitrogen and oxygen atoms in total. The number of aromatic hydroxyl groups is 1. The third-order valence-electron chi connectivity index (χ3n) is 4.12. The molecule has 0 aliphatic heterocycles. The van der Waals surface area contributed by atoms with E-state index in [1.807, 2.05) is 30.3 Å². The molecule has 0 saturated carbocycles. The SMILES string of the molecule is CC(O)c1cnc2c(-c3ccc(Sc4ccccc4)cc3)cnn2c1O. The first-order valence-electron chi connectivity index (χ1n) is 8.20. The van der Waals surface area contributed by atoms with E-state index < -0.39 is 6.10 Å². The normalized spacial score (nSPS) is 12.4. The van der Waals surface area contributed by atoms with E-state index in [4.69, 9.17) is 0 Å². The average Bonchev–Trinajstić information content (AvgIpc) is 3.08. The molecule has 0 bridgehead atoms. The van der Waals surface area contributed by atoms with E-state index in [0.29, 0.717) is 11.2 Å². The van der Waals surface area contributed by atoms with Crippen LogP contribution in [0, 0.1) is 0 Å². The van der Waals surface area contributed by atoms with Crippen LogP contribution in [0.4, 0.5) is 0 Å². The quantitative estimate of drug-likeness (QED) is 0.565. The summed E-state index contributed by atoms with van der Waals surface area (Å²) in [4.78, 5) is 6.70. The maximum absolute atomic E-state index is 10.3. The maximum Gasteiger partial charge on any atom is 0.221 e. The van der Waals surface area contributed by atoms with E-state index >= 15 is 0 Å². The van der Waals surface area contributed by atoms with Crippen LogP contribution < -0.4 is 0 Å². The van der Waals surface area contributed by atoms with E-state index in [-0.39, 0.29) is 5.88 Å². The highest BCUT2D eigenvalue weighted by atomic mass is 32.2. The zero-order valence-corrected chi connectivity index (χ0v) is 14.9. The van der Waals surface area contributed by atoms with Crippen LogP contribution >= 0.6 is 11.8 Å². The summed E-state index contributed by atoms with van der Waals surface area (Å²) in [6.45, 7) is 1.58. The van der Waals surface area contributed by atoms with Gasteiger partial charge in [0.1, 0.15) is 0 Å². The molecule has 0 aliphatic rings. The Hall–Kier alpha value is -2.83. The minimum absolute atomic E-state index is 0.0903. The third kappa shape index (κ3) is 3.05. The third-order valence-corrected chi connectivity index (χ3v) is 5.14. The van der Waals surface area contributed by atoms with Gasteiger partial charge in [-0.25, -0.2) is 4.98 Å². The Morgan fingerprint density at radius 3 is 2.35 bits per heavy atom. The minimum Gasteiger partial charge on any atom is -0.493 e. The van der Waals surface area contributed by atoms with Crippen molar-refractivity contribution < 1.29 is 10.2 Å². The monoisotopic (exact) mass is 363 g/mol. The second-order valence-electron chi connectivity index (χ2n) is 5.95. The Bertz CT molecular complexity index is 1040. The lowest BCUT2D eigenvalue weighted by Crippen LogP contribution is -2.00. The zero-order valence-electron chi connectivity index (χ0n) is 14.1. The number of nitrogens with zero attached hydrogens (tertiary/aromatic N) is 3. The summed E-state index contributed by atoms with van der Waals surface area (Å²) in [5.74, 6) is -0.0903. The Labute approximate surface area is 155 Å². The second-order valence-corrected chi connectivity index (χ2v) is 7.09. The number of benzene rings is 2. The van der Waals surface area contributed by atoms with Crippen LogP contribution in [0.15, 0.2) is 76.8 Å². The molecule has 0 aliphatic carbocycles. The maximum atomic E-state index is 10.3. The number of aliphatic hydroxyl groups excluding tert-OH is 1. The minimum atomic E-state index is -0.811. The Morgan fingerprint density at radius 2 is 1.65 bits per heavy atom. The molecule has 0 fully saturated rings. The Kier molecular flexibility index (Phi) is 4.36. The number of aliphatic hydroxyl groups is 1. The summed E-state index contributed by atoms with van der Waals surface area (Å²) in [7, 11) is 0. The molecular weight excluding hydrogens is 346 g/mol. The van der Waals surface area contributed by atoms with E-state index in [9.17, 15) is 10.2 Å². The van der Waals surface area contributed by atoms with Crippen molar-refractivity contribution in [2.75, 3.05) is 0 Å². The van der Waals surface area contributed by atoms with E-state index in [1.54, 1.807) is 24.9 Å². The predicted octanol–water partition coefficient (Wildman–Crippen LogP) is 4.31. The lowest BCUT2D eigenvalue weighted by molar-refractivity contribution is 0.192. The van der Waals surface area contributed by atoms with Crippen molar-refractivity contribution in [1.82, 2.24) is 14.6 Å². The summed E-state index contributed by atoms with van der Waals surface area (Å²) in [5.41, 5.74) is 2.69. The number of rotatable bonds is 4. The van der Waals surface area contributed by atoms with Gasteiger partial charge in [0.2, 0.25) is 5.88 Å². The van der Waals surface area contributed by atoms with Crippen molar-refractivity contribution in [2.45, 2.75) is 22.8 Å². The van der Waals surface area contributed by atoms with Gasteiger partial charge in [-0.2, -0.15) is 9.61 Å². The van der Waals surface area contributed by atoms with E-state index in [0.717, 1.165) is 16.0 Å². The number of aromatic nitrogens is 3. The molecule has 2 aromatic heterocycles. The van der Waals surface area contributed by atoms with Gasteiger partial charge in [0, 0.05) is 21.6 Å². The van der Waals surface area contributed by atoms with Gasteiger partial charge in [0.25, 0.3) is 0 Å². The molecule has 0 saturated heterocycles. The molecule has 0 spiro atoms. The van der Waals surface area contributed by atoms with Crippen molar-refractivity contribution in [3.8, 4) is 17.0 Å². The molecule has 6 heteroatoms. The highest BCUT2D eigenvalue weighted by molar-refractivity contribution is 7.99. The molecule has 130 valence electrons. The molecular formula is C20H17N3O2S. The van der Waals surface area contributed by atoms with Crippen LogP contribution in [0.2, 0.25) is 0 Å². The first-order chi connectivity index (χ1) is 12.6. The summed E-state index contributed by atoms with van der Waals surface area (Å²) in [6, 6.07) is 18.4. The van der Waals surface area contributed by atoms with Crippen molar-refractivity contribution >= 4 is 17.4 Å². The average molecular weight is 363 g/mol. The summed E-state index contributed by atoms with van der Waals surface area (Å²) in [5, 5.41) is 24.2. The molecule has 26 heavy (non-hydrogen) atoms. The first kappa shape index (κ1) is 16.6. The van der Waals surface area contributed by atoms with Crippen molar-refractivity contribution in [1.29, 1.82) is 0 Å². The van der Waals surface area contributed by atoms with Crippen LogP contribution in [-0.2, 0) is 0 Å². The first-order valence-corrected chi connectivity index (χ1v) is 9.02. The molecule has 4 rings (SSSR count). The zero-order chi connectivity index (χ0) is 18.1. The largest absolute Gasteiger partial charge is 0.493 e. The number of hydrogen-bond donors (Lipinski definition) is 2. The van der Waals surface area contributed by atoms with Gasteiger partial charge in [0.15, 0.2) is 5.65 Å². The van der Waals surface area contributed by atoms with Crippen LogP contribution in [0.3, 0.4) is 0 Å². The lowest BCUT2D eigenvalue weighted by Gasteiger charge is -2.08. The summed E-state index contributed by atoms with van der Waals surface area (Å²) in [6.07, 6.45) is 2.35. The second kappa shape index (κ2) is 6.82. The van der Waals surface area contributed by atoms with Gasteiger partial charge in [-0.15, -0.1) is 0 Å². The molecule has 4 aromatic rings. The highest BCUT2D eigenvalue weighted by Gasteiger charge is 2.16. The Balaban J connectivity index is 1.66. The molecule has 0 radical (unpaired) electrons. The van der Waals surface area contributed by atoms with E-state index in [1.165, 1.54) is 15.6 Å². The number of hydrogen-bond acceptors (Lipinski definition) is 5. The van der Waals surface area contributed by atoms with Gasteiger partial charge in [-0.3, -0.25) is 0 Å². The molecule has 2 N–H and O–H groups in total. The van der Waals surface area contributed by atoms with Gasteiger partial charge in [-0.1, -0.05) is 42.1 Å². The van der Waals surface area contributed by atoms with Crippen LogP contribution in [0.25, 0.3) is 16.8 Å². The molecule has 2 aromatic carbocycles. The predicted molar refractivity (Wildman–Crippen MR) is 101 cm³/mol. The van der Waals surface area contributed by atoms with Crippen molar-refractivity contribution in [3.63, 3.8) is 0 Å². The van der Waals surface area contributed by atoms with Gasteiger partial charge < -0.3 is 10.2 Å². The fourth-order valence-electron chi connectivity index (χ4n) is 2.76. The Morgan fingerprint density at radius 1 is 0.962 bits per heavy atom. The molecule has 1 atom stereocenters. The van der Waals surface area contributed by atoms with Crippen LogP contribution in [0.5, 0.6) is 5.88 Å². The van der Waals surface area contributed by atoms with Crippen LogP contribution in [-0.4, -0.2) is 24.8 Å². The fourth-order valence-corrected chi connectivity index (χ4v) is 3.59. The highest BCUT2D eigenvalue weighted by Crippen LogP contribution is 2.32. The number of fused-ring (bicyclic) bond motifs is 1. The molecule has 2 heterocycles. The van der Waals surface area contributed by atoms with Gasteiger partial charge in [0.05, 0.1) is 17.9 Å². The van der Waals surface area contributed by atoms with Gasteiger partial charge in [-0.05, 0) is 36.8 Å². The fraction of sp³-hybridized carbons (Fsp3) is 0.100. The smallest absolute Gasteiger partial charge is 0.221 e. The lowest BCUT2D eigenvalue weighted by atomic mass is 10.1. The van der Waals surface area contributed by atoms with Crippen molar-refractivity contribution in [2.24, 2.45) is 0 Å². The molecule has 0 amide bonds. The topological polar surface area (TPSA) is 70.7 Å².